The Morgan fingerprint density at radius 3 is 2.81 bits per heavy atom. The quantitative estimate of drug-likeness (QED) is 0.635. The Labute approximate surface area is 188 Å². The molecule has 3 aromatic rings. The average molecular weight is 437 g/mol. The first-order chi connectivity index (χ1) is 15.1. The average Bonchev–Trinajstić information content (AvgIpc) is 3.42. The summed E-state index contributed by atoms with van der Waals surface area (Å²) < 4.78 is 0. The Morgan fingerprint density at radius 2 is 1.97 bits per heavy atom. The molecule has 2 N–H and O–H groups in total. The lowest BCUT2D eigenvalue weighted by atomic mass is 9.95. The number of aromatic amines is 1. The normalized spacial score (nSPS) is 25.9. The van der Waals surface area contributed by atoms with Crippen LogP contribution in [-0.2, 0) is 0 Å². The molecule has 2 atom stereocenters. The lowest BCUT2D eigenvalue weighted by Gasteiger charge is -2.41. The van der Waals surface area contributed by atoms with Crippen LogP contribution in [0.25, 0.3) is 11.0 Å². The largest absolute Gasteiger partial charge is 0.367 e. The molecule has 2 aliphatic heterocycles. The molecule has 6 rings (SSSR count). The molecule has 1 spiro atoms. The Morgan fingerprint density at radius 1 is 1.10 bits per heavy atom. The van der Waals surface area contributed by atoms with E-state index in [1.807, 2.05) is 18.3 Å². The molecule has 31 heavy (non-hydrogen) atoms. The van der Waals surface area contributed by atoms with Crippen molar-refractivity contribution in [2.75, 3.05) is 31.6 Å². The highest BCUT2D eigenvalue weighted by Crippen LogP contribution is 2.45. The van der Waals surface area contributed by atoms with Gasteiger partial charge in [0.2, 0.25) is 0 Å². The molecule has 1 saturated carbocycles. The molecular formula is C24H29ClN6. The van der Waals surface area contributed by atoms with E-state index in [2.05, 4.69) is 50.3 Å². The van der Waals surface area contributed by atoms with Crippen LogP contribution in [0.15, 0.2) is 36.5 Å². The van der Waals surface area contributed by atoms with E-state index in [9.17, 15) is 0 Å². The van der Waals surface area contributed by atoms with Crippen molar-refractivity contribution in [1.29, 1.82) is 0 Å². The number of likely N-dealkylation sites (N-methyl/N-ethyl adjacent to an activating group) is 1. The van der Waals surface area contributed by atoms with Crippen molar-refractivity contribution in [3.05, 3.63) is 53.1 Å². The standard InChI is InChI=1S/C24H29ClN6/c1-30-13-14-31(15-24(30)10-11-24)20-9-3-7-18-22(20)29-23(28-18)19-8-2-6-17(27-19)21-16(25)5-4-12-26-21/h3-5,7,9,12,17,19,27H,2,6,8,10-11,13-15H2,1H3,(H,28,29)/t17-,19+/m0/s1. The number of piperidine rings is 1. The van der Waals surface area contributed by atoms with Gasteiger partial charge in [0.25, 0.3) is 0 Å². The van der Waals surface area contributed by atoms with Crippen LogP contribution in [-0.4, -0.2) is 52.1 Å². The Kier molecular flexibility index (Phi) is 4.70. The third kappa shape index (κ3) is 3.41. The topological polar surface area (TPSA) is 60.1 Å². The van der Waals surface area contributed by atoms with Crippen LogP contribution >= 0.6 is 11.6 Å². The van der Waals surface area contributed by atoms with Gasteiger partial charge in [-0.25, -0.2) is 4.98 Å². The fourth-order valence-corrected chi connectivity index (χ4v) is 5.68. The van der Waals surface area contributed by atoms with Crippen LogP contribution < -0.4 is 10.2 Å². The van der Waals surface area contributed by atoms with Gasteiger partial charge in [0.15, 0.2) is 0 Å². The van der Waals surface area contributed by atoms with Crippen molar-refractivity contribution in [3.63, 3.8) is 0 Å². The Balaban J connectivity index is 1.29. The lowest BCUT2D eigenvalue weighted by molar-refractivity contribution is 0.199. The van der Waals surface area contributed by atoms with E-state index in [1.54, 1.807) is 0 Å². The summed E-state index contributed by atoms with van der Waals surface area (Å²) in [5, 5.41) is 4.49. The zero-order valence-corrected chi connectivity index (χ0v) is 18.7. The SMILES string of the molecule is CN1CCN(c2cccc3[nH]c([C@H]4CCC[C@@H](c5ncccc5Cl)N4)nc23)CC12CC2. The summed E-state index contributed by atoms with van der Waals surface area (Å²) in [5.41, 5.74) is 4.81. The van der Waals surface area contributed by atoms with E-state index in [4.69, 9.17) is 16.6 Å². The molecule has 1 aromatic carbocycles. The molecule has 6 nitrogen and oxygen atoms in total. The second kappa shape index (κ2) is 7.47. The van der Waals surface area contributed by atoms with Gasteiger partial charge in [-0.2, -0.15) is 0 Å². The van der Waals surface area contributed by atoms with Crippen LogP contribution in [0.1, 0.15) is 55.7 Å². The zero-order valence-electron chi connectivity index (χ0n) is 17.9. The second-order valence-electron chi connectivity index (χ2n) is 9.44. The smallest absolute Gasteiger partial charge is 0.124 e. The highest BCUT2D eigenvalue weighted by atomic mass is 35.5. The molecule has 7 heteroatoms. The van der Waals surface area contributed by atoms with Crippen molar-refractivity contribution < 1.29 is 0 Å². The monoisotopic (exact) mass is 436 g/mol. The number of halogens is 1. The van der Waals surface area contributed by atoms with E-state index in [-0.39, 0.29) is 12.1 Å². The maximum Gasteiger partial charge on any atom is 0.124 e. The van der Waals surface area contributed by atoms with Crippen LogP contribution in [0.5, 0.6) is 0 Å². The summed E-state index contributed by atoms with van der Waals surface area (Å²) in [6.07, 6.45) is 7.68. The number of hydrogen-bond donors (Lipinski definition) is 2. The summed E-state index contributed by atoms with van der Waals surface area (Å²) in [6, 6.07) is 10.7. The molecule has 0 amide bonds. The highest BCUT2D eigenvalue weighted by molar-refractivity contribution is 6.31. The molecule has 0 radical (unpaired) electrons. The molecule has 162 valence electrons. The molecule has 2 saturated heterocycles. The fourth-order valence-electron chi connectivity index (χ4n) is 5.43. The number of hydrogen-bond acceptors (Lipinski definition) is 5. The fraction of sp³-hybridized carbons (Fsp3) is 0.500. The highest BCUT2D eigenvalue weighted by Gasteiger charge is 2.49. The molecular weight excluding hydrogens is 408 g/mol. The first-order valence-electron chi connectivity index (χ1n) is 11.4. The van der Waals surface area contributed by atoms with Gasteiger partial charge in [0.1, 0.15) is 11.3 Å². The van der Waals surface area contributed by atoms with E-state index in [0.29, 0.717) is 5.54 Å². The minimum atomic E-state index is 0.160. The molecule has 4 heterocycles. The minimum Gasteiger partial charge on any atom is -0.367 e. The van der Waals surface area contributed by atoms with Crippen molar-refractivity contribution >= 4 is 28.3 Å². The van der Waals surface area contributed by atoms with Crippen molar-refractivity contribution in [3.8, 4) is 0 Å². The number of H-pyrrole nitrogens is 1. The number of rotatable bonds is 3. The third-order valence-electron chi connectivity index (χ3n) is 7.51. The number of imidazole rings is 1. The van der Waals surface area contributed by atoms with Crippen LogP contribution in [0.3, 0.4) is 0 Å². The van der Waals surface area contributed by atoms with Crippen LogP contribution in [0.2, 0.25) is 5.02 Å². The molecule has 1 aliphatic carbocycles. The van der Waals surface area contributed by atoms with Gasteiger partial charge in [0, 0.05) is 31.4 Å². The Hall–Kier alpha value is -2.15. The van der Waals surface area contributed by atoms with E-state index in [1.165, 1.54) is 18.5 Å². The van der Waals surface area contributed by atoms with Gasteiger partial charge in [0.05, 0.1) is 34.0 Å². The van der Waals surface area contributed by atoms with E-state index >= 15 is 0 Å². The molecule has 3 fully saturated rings. The number of nitrogens with zero attached hydrogens (tertiary/aromatic N) is 4. The van der Waals surface area contributed by atoms with Gasteiger partial charge in [-0.05, 0) is 63.4 Å². The number of nitrogens with one attached hydrogen (secondary N) is 2. The van der Waals surface area contributed by atoms with Crippen molar-refractivity contribution in [1.82, 2.24) is 25.2 Å². The number of piperazine rings is 1. The second-order valence-corrected chi connectivity index (χ2v) is 9.84. The van der Waals surface area contributed by atoms with Crippen LogP contribution in [0, 0.1) is 0 Å². The van der Waals surface area contributed by atoms with Crippen LogP contribution in [0.4, 0.5) is 5.69 Å². The number of para-hydroxylation sites is 1. The number of pyridine rings is 1. The minimum absolute atomic E-state index is 0.160. The number of fused-ring (bicyclic) bond motifs is 1. The number of benzene rings is 1. The van der Waals surface area contributed by atoms with Gasteiger partial charge < -0.3 is 9.88 Å². The number of anilines is 1. The maximum absolute atomic E-state index is 6.43. The summed E-state index contributed by atoms with van der Waals surface area (Å²) in [6.45, 7) is 3.28. The summed E-state index contributed by atoms with van der Waals surface area (Å²) in [5.74, 6) is 1.02. The molecule has 3 aliphatic rings. The first kappa shape index (κ1) is 19.5. The molecule has 0 bridgehead atoms. The van der Waals surface area contributed by atoms with Gasteiger partial charge >= 0.3 is 0 Å². The Bertz CT molecular complexity index is 1110. The summed E-state index contributed by atoms with van der Waals surface area (Å²) in [4.78, 5) is 18.4. The van der Waals surface area contributed by atoms with E-state index in [0.717, 1.165) is 66.5 Å². The maximum atomic E-state index is 6.43. The zero-order chi connectivity index (χ0) is 21.0. The van der Waals surface area contributed by atoms with Crippen molar-refractivity contribution in [2.45, 2.75) is 49.7 Å². The lowest BCUT2D eigenvalue weighted by Crippen LogP contribution is -2.53. The predicted molar refractivity (Wildman–Crippen MR) is 125 cm³/mol. The summed E-state index contributed by atoms with van der Waals surface area (Å²) >= 11 is 6.43. The van der Waals surface area contributed by atoms with Gasteiger partial charge in [-0.3, -0.25) is 15.2 Å². The number of aromatic nitrogens is 3. The van der Waals surface area contributed by atoms with Gasteiger partial charge in [-0.1, -0.05) is 17.7 Å². The van der Waals surface area contributed by atoms with E-state index < -0.39 is 0 Å². The predicted octanol–water partition coefficient (Wildman–Crippen LogP) is 4.45. The summed E-state index contributed by atoms with van der Waals surface area (Å²) in [7, 11) is 2.27. The molecule has 2 aromatic heterocycles. The molecule has 0 unspecified atom stereocenters. The van der Waals surface area contributed by atoms with Crippen molar-refractivity contribution in [2.24, 2.45) is 0 Å². The van der Waals surface area contributed by atoms with Gasteiger partial charge in [-0.15, -0.1) is 0 Å². The third-order valence-corrected chi connectivity index (χ3v) is 7.83. The first-order valence-corrected chi connectivity index (χ1v) is 11.8.